The number of rotatable bonds is 9. The van der Waals surface area contributed by atoms with E-state index in [9.17, 15) is 32.7 Å². The molecule has 4 fully saturated rings. The van der Waals surface area contributed by atoms with Crippen molar-refractivity contribution in [3.05, 3.63) is 71.6 Å². The first-order valence-corrected chi connectivity index (χ1v) is 14.2. The predicted octanol–water partition coefficient (Wildman–Crippen LogP) is 5.18. The minimum absolute atomic E-state index is 0.0362. The summed E-state index contributed by atoms with van der Waals surface area (Å²) in [6.45, 7) is -0.175. The Morgan fingerprint density at radius 1 is 0.930 bits per heavy atom. The number of amides is 2. The van der Waals surface area contributed by atoms with Gasteiger partial charge in [0.2, 0.25) is 11.7 Å². The second-order valence-corrected chi connectivity index (χ2v) is 11.7. The maximum absolute atomic E-state index is 13.5. The number of aromatic nitrogens is 1. The summed E-state index contributed by atoms with van der Waals surface area (Å²) in [5, 5.41) is 14.8. The summed E-state index contributed by atoms with van der Waals surface area (Å²) in [6, 6.07) is 14.5. The van der Waals surface area contributed by atoms with E-state index in [2.05, 4.69) is 15.6 Å². The zero-order valence-electron chi connectivity index (χ0n) is 23.0. The molecule has 9 nitrogen and oxygen atoms in total. The standard InChI is InChI=1S/C31H30F3N3O6/c32-31(33,34)25-23(37-28(43-25)19-4-2-1-3-5-19)27(39)36-11-10-35-26(38)18-6-8-22(9-7-18)42-24-20-12-17-13-21(24)16-30(14-17,15-20)29(40)41/h1-9,17,20-21,24H,10-16H2,(H,35,38)(H,36,39)(H,40,41). The number of halogens is 3. The van der Waals surface area contributed by atoms with Crippen LogP contribution in [0.5, 0.6) is 5.75 Å². The molecule has 4 saturated carbocycles. The van der Waals surface area contributed by atoms with Crippen LogP contribution in [-0.4, -0.2) is 47.1 Å². The van der Waals surface area contributed by atoms with Crippen LogP contribution in [0.15, 0.2) is 59.0 Å². The van der Waals surface area contributed by atoms with Gasteiger partial charge in [0.05, 0.1) is 5.41 Å². The number of benzene rings is 2. The van der Waals surface area contributed by atoms with Crippen LogP contribution in [0.1, 0.15) is 58.7 Å². The lowest BCUT2D eigenvalue weighted by Gasteiger charge is -2.57. The first-order chi connectivity index (χ1) is 20.5. The monoisotopic (exact) mass is 597 g/mol. The molecule has 0 aliphatic heterocycles. The molecule has 4 bridgehead atoms. The molecule has 43 heavy (non-hydrogen) atoms. The van der Waals surface area contributed by atoms with Gasteiger partial charge in [-0.3, -0.25) is 14.4 Å². The number of carbonyl (C=O) groups is 3. The van der Waals surface area contributed by atoms with Crippen LogP contribution in [0.3, 0.4) is 0 Å². The molecule has 0 spiro atoms. The third-order valence-corrected chi connectivity index (χ3v) is 8.85. The number of ether oxygens (including phenoxy) is 1. The number of nitrogens with one attached hydrogen (secondary N) is 2. The van der Waals surface area contributed by atoms with E-state index in [1.54, 1.807) is 42.5 Å². The zero-order chi connectivity index (χ0) is 30.4. The third kappa shape index (κ3) is 5.70. The molecule has 4 aliphatic rings. The molecule has 12 heteroatoms. The molecule has 2 amide bonds. The Balaban J connectivity index is 1.01. The van der Waals surface area contributed by atoms with Crippen molar-refractivity contribution in [2.75, 3.05) is 13.1 Å². The predicted molar refractivity (Wildman–Crippen MR) is 146 cm³/mol. The van der Waals surface area contributed by atoms with Crippen LogP contribution in [0.25, 0.3) is 11.5 Å². The van der Waals surface area contributed by atoms with E-state index in [1.165, 1.54) is 12.1 Å². The van der Waals surface area contributed by atoms with E-state index in [-0.39, 0.29) is 36.9 Å². The van der Waals surface area contributed by atoms with Gasteiger partial charge in [-0.15, -0.1) is 0 Å². The van der Waals surface area contributed by atoms with E-state index in [0.717, 1.165) is 19.3 Å². The van der Waals surface area contributed by atoms with Gasteiger partial charge in [0, 0.05) is 24.2 Å². The van der Waals surface area contributed by atoms with Crippen LogP contribution in [-0.2, 0) is 11.0 Å². The van der Waals surface area contributed by atoms with Crippen molar-refractivity contribution in [2.45, 2.75) is 44.4 Å². The Morgan fingerprint density at radius 3 is 2.16 bits per heavy atom. The van der Waals surface area contributed by atoms with Crippen molar-refractivity contribution >= 4 is 17.8 Å². The molecule has 3 N–H and O–H groups in total. The van der Waals surface area contributed by atoms with Gasteiger partial charge in [0.1, 0.15) is 11.9 Å². The second-order valence-electron chi connectivity index (χ2n) is 11.7. The fourth-order valence-electron chi connectivity index (χ4n) is 7.18. The van der Waals surface area contributed by atoms with Gasteiger partial charge in [-0.05, 0) is 86.3 Å². The highest BCUT2D eigenvalue weighted by molar-refractivity contribution is 5.95. The summed E-state index contributed by atoms with van der Waals surface area (Å²) in [4.78, 5) is 40.9. The first kappa shape index (κ1) is 28.8. The molecular formula is C31H30F3N3O6. The van der Waals surface area contributed by atoms with Crippen molar-refractivity contribution in [3.63, 3.8) is 0 Å². The summed E-state index contributed by atoms with van der Waals surface area (Å²) < 4.78 is 51.7. The third-order valence-electron chi connectivity index (χ3n) is 8.85. The number of alkyl halides is 3. The van der Waals surface area contributed by atoms with Gasteiger partial charge in [-0.2, -0.15) is 13.2 Å². The number of hydrogen-bond acceptors (Lipinski definition) is 6. The van der Waals surface area contributed by atoms with Gasteiger partial charge >= 0.3 is 12.1 Å². The Labute approximate surface area is 244 Å². The number of aliphatic carboxylic acids is 1. The zero-order valence-corrected chi connectivity index (χ0v) is 23.0. The number of oxazole rings is 1. The molecule has 2 atom stereocenters. The number of hydrogen-bond donors (Lipinski definition) is 3. The van der Waals surface area contributed by atoms with Crippen LogP contribution in [0, 0.1) is 23.2 Å². The number of carbonyl (C=O) groups excluding carboxylic acids is 2. The summed E-state index contributed by atoms with van der Waals surface area (Å²) in [6.07, 6.45) is -0.962. The fourth-order valence-corrected chi connectivity index (χ4v) is 7.18. The van der Waals surface area contributed by atoms with Crippen LogP contribution < -0.4 is 15.4 Å². The lowest BCUT2D eigenvalue weighted by Crippen LogP contribution is -2.57. The maximum Gasteiger partial charge on any atom is 0.452 e. The maximum atomic E-state index is 13.5. The van der Waals surface area contributed by atoms with Crippen LogP contribution in [0.2, 0.25) is 0 Å². The lowest BCUT2D eigenvalue weighted by atomic mass is 9.48. The van der Waals surface area contributed by atoms with Gasteiger partial charge in [0.15, 0.2) is 5.69 Å². The molecule has 4 aliphatic carbocycles. The Hall–Kier alpha value is -4.35. The number of carboxylic acids is 1. The van der Waals surface area contributed by atoms with Crippen LogP contribution >= 0.6 is 0 Å². The topological polar surface area (TPSA) is 131 Å². The van der Waals surface area contributed by atoms with Gasteiger partial charge in [-0.1, -0.05) is 18.2 Å². The highest BCUT2D eigenvalue weighted by Gasteiger charge is 2.59. The fraction of sp³-hybridized carbons (Fsp3) is 0.419. The molecule has 226 valence electrons. The average molecular weight is 598 g/mol. The van der Waals surface area contributed by atoms with Crippen LogP contribution in [0.4, 0.5) is 13.2 Å². The van der Waals surface area contributed by atoms with E-state index in [4.69, 9.17) is 9.15 Å². The first-order valence-electron chi connectivity index (χ1n) is 14.2. The molecule has 7 rings (SSSR count). The van der Waals surface area contributed by atoms with E-state index < -0.39 is 40.8 Å². The minimum atomic E-state index is -4.92. The van der Waals surface area contributed by atoms with E-state index in [0.29, 0.717) is 35.6 Å². The van der Waals surface area contributed by atoms with Gasteiger partial charge in [-0.25, -0.2) is 4.98 Å². The number of nitrogens with zero attached hydrogens (tertiary/aromatic N) is 1. The highest BCUT2D eigenvalue weighted by Crippen LogP contribution is 2.60. The van der Waals surface area contributed by atoms with Gasteiger partial charge in [0.25, 0.3) is 11.8 Å². The van der Waals surface area contributed by atoms with Gasteiger partial charge < -0.3 is 24.9 Å². The molecule has 0 radical (unpaired) electrons. The van der Waals surface area contributed by atoms with Crippen molar-refractivity contribution in [1.29, 1.82) is 0 Å². The largest absolute Gasteiger partial charge is 0.490 e. The van der Waals surface area contributed by atoms with E-state index in [1.807, 2.05) is 0 Å². The number of carboxylic acid groups (broad SMARTS) is 1. The van der Waals surface area contributed by atoms with E-state index >= 15 is 0 Å². The summed E-state index contributed by atoms with van der Waals surface area (Å²) >= 11 is 0. The molecule has 1 aromatic heterocycles. The lowest BCUT2D eigenvalue weighted by molar-refractivity contribution is -0.175. The molecular weight excluding hydrogens is 567 g/mol. The summed E-state index contributed by atoms with van der Waals surface area (Å²) in [5.41, 5.74) is -0.860. The molecule has 2 aromatic carbocycles. The summed E-state index contributed by atoms with van der Waals surface area (Å²) in [5.74, 6) is -2.56. The quantitative estimate of drug-likeness (QED) is 0.290. The molecule has 0 saturated heterocycles. The summed E-state index contributed by atoms with van der Waals surface area (Å²) in [7, 11) is 0. The highest BCUT2D eigenvalue weighted by atomic mass is 19.4. The smallest absolute Gasteiger partial charge is 0.452 e. The van der Waals surface area contributed by atoms with Crippen molar-refractivity contribution < 1.29 is 41.8 Å². The Kier molecular flexibility index (Phi) is 7.39. The molecule has 3 aromatic rings. The normalized spacial score (nSPS) is 25.7. The average Bonchev–Trinajstić information content (AvgIpc) is 3.44. The molecule has 2 unspecified atom stereocenters. The van der Waals surface area contributed by atoms with Crippen molar-refractivity contribution in [2.24, 2.45) is 23.2 Å². The molecule has 1 heterocycles. The Bertz CT molecular complexity index is 1510. The Morgan fingerprint density at radius 2 is 1.56 bits per heavy atom. The SMILES string of the molecule is O=C(NCCNC(=O)c1nc(-c2ccccc2)oc1C(F)(F)F)c1ccc(OC2C3CC4CC2CC(C(=O)O)(C4)C3)cc1. The van der Waals surface area contributed by atoms with Crippen molar-refractivity contribution in [3.8, 4) is 17.2 Å². The second kappa shape index (κ2) is 11.1. The van der Waals surface area contributed by atoms with Crippen molar-refractivity contribution in [1.82, 2.24) is 15.6 Å². The minimum Gasteiger partial charge on any atom is -0.490 e.